The van der Waals surface area contributed by atoms with Crippen LogP contribution in [0.5, 0.6) is 0 Å². The average Bonchev–Trinajstić information content (AvgIpc) is 3.59. The summed E-state index contributed by atoms with van der Waals surface area (Å²) < 4.78 is 33.4. The van der Waals surface area contributed by atoms with Crippen LogP contribution in [0.15, 0.2) is 60.7 Å². The van der Waals surface area contributed by atoms with E-state index < -0.39 is 15.6 Å². The van der Waals surface area contributed by atoms with E-state index in [4.69, 9.17) is 4.74 Å². The maximum atomic E-state index is 13.2. The van der Waals surface area contributed by atoms with Crippen molar-refractivity contribution in [2.24, 2.45) is 0 Å². The average molecular weight is 500 g/mol. The van der Waals surface area contributed by atoms with Crippen molar-refractivity contribution >= 4 is 21.8 Å². The number of sulfonamides is 1. The van der Waals surface area contributed by atoms with Crippen LogP contribution in [0.1, 0.15) is 51.5 Å². The molecule has 35 heavy (non-hydrogen) atoms. The molecule has 0 unspecified atom stereocenters. The molecule has 0 aromatic heterocycles. The summed E-state index contributed by atoms with van der Waals surface area (Å²) in [6.45, 7) is 7.68. The van der Waals surface area contributed by atoms with Gasteiger partial charge in [0.05, 0.1) is 5.75 Å². The normalized spacial score (nSPS) is 21.3. The van der Waals surface area contributed by atoms with Gasteiger partial charge in [0.1, 0.15) is 5.60 Å². The van der Waals surface area contributed by atoms with Gasteiger partial charge in [-0.05, 0) is 57.7 Å². The molecule has 4 rings (SSSR count). The summed E-state index contributed by atoms with van der Waals surface area (Å²) in [7, 11) is -3.42. The van der Waals surface area contributed by atoms with E-state index in [1.807, 2.05) is 49.9 Å². The molecule has 2 atom stereocenters. The lowest BCUT2D eigenvalue weighted by Gasteiger charge is -2.39. The minimum atomic E-state index is -3.42. The number of likely N-dealkylation sites (tertiary alicyclic amines) is 1. The molecule has 1 aliphatic carbocycles. The summed E-state index contributed by atoms with van der Waals surface area (Å²) in [5.41, 5.74) is 1.30. The fraction of sp³-hybridized carbons (Fsp3) is 0.519. The molecule has 0 bridgehead atoms. The molecule has 1 saturated carbocycles. The SMILES string of the molecule is CC(C)(C)OC(=O)N(C1CCN(CCS(=O)(=O)Nc2ccccc2)CC1)[C@@H]1C[C@H]1c1ccccc1. The van der Waals surface area contributed by atoms with E-state index in [2.05, 4.69) is 21.8 Å². The summed E-state index contributed by atoms with van der Waals surface area (Å²) >= 11 is 0. The van der Waals surface area contributed by atoms with E-state index in [1.165, 1.54) is 5.56 Å². The number of carbonyl (C=O) groups excluding carboxylic acids is 1. The third-order valence-corrected chi connectivity index (χ3v) is 7.89. The van der Waals surface area contributed by atoms with Gasteiger partial charge in [0.25, 0.3) is 0 Å². The van der Waals surface area contributed by atoms with Crippen molar-refractivity contribution in [2.75, 3.05) is 30.1 Å². The largest absolute Gasteiger partial charge is 0.444 e. The molecule has 1 saturated heterocycles. The zero-order chi connectivity index (χ0) is 25.1. The van der Waals surface area contributed by atoms with Crippen LogP contribution in [0.25, 0.3) is 0 Å². The van der Waals surface area contributed by atoms with Crippen LogP contribution in [0.3, 0.4) is 0 Å². The van der Waals surface area contributed by atoms with Crippen molar-refractivity contribution < 1.29 is 17.9 Å². The first kappa shape index (κ1) is 25.5. The molecule has 2 aromatic rings. The van der Waals surface area contributed by atoms with Crippen LogP contribution in [0.4, 0.5) is 10.5 Å². The van der Waals surface area contributed by atoms with Gasteiger partial charge in [-0.25, -0.2) is 13.2 Å². The lowest BCUT2D eigenvalue weighted by Crippen LogP contribution is -2.50. The molecule has 1 N–H and O–H groups in total. The van der Waals surface area contributed by atoms with Gasteiger partial charge in [0, 0.05) is 43.3 Å². The monoisotopic (exact) mass is 499 g/mol. The van der Waals surface area contributed by atoms with E-state index in [0.29, 0.717) is 18.2 Å². The smallest absolute Gasteiger partial charge is 0.410 e. The number of hydrogen-bond donors (Lipinski definition) is 1. The van der Waals surface area contributed by atoms with Gasteiger partial charge in [-0.1, -0.05) is 48.5 Å². The Morgan fingerprint density at radius 3 is 2.23 bits per heavy atom. The number of nitrogens with one attached hydrogen (secondary N) is 1. The molecule has 2 aliphatic rings. The zero-order valence-corrected chi connectivity index (χ0v) is 21.7. The molecule has 2 aromatic carbocycles. The number of anilines is 1. The Hall–Kier alpha value is -2.58. The van der Waals surface area contributed by atoms with E-state index >= 15 is 0 Å². The van der Waals surface area contributed by atoms with Gasteiger partial charge in [-0.2, -0.15) is 0 Å². The second kappa shape index (κ2) is 10.6. The van der Waals surface area contributed by atoms with Gasteiger partial charge >= 0.3 is 6.09 Å². The highest BCUT2D eigenvalue weighted by Gasteiger charge is 2.48. The maximum absolute atomic E-state index is 13.2. The zero-order valence-electron chi connectivity index (χ0n) is 20.9. The fourth-order valence-electron chi connectivity index (χ4n) is 4.82. The van der Waals surface area contributed by atoms with Crippen molar-refractivity contribution in [2.45, 2.75) is 63.6 Å². The van der Waals surface area contributed by atoms with Crippen LogP contribution in [0, 0.1) is 0 Å². The summed E-state index contributed by atoms with van der Waals surface area (Å²) in [6.07, 6.45) is 2.33. The van der Waals surface area contributed by atoms with Gasteiger partial charge in [-0.15, -0.1) is 0 Å². The minimum absolute atomic E-state index is 0.0427. The topological polar surface area (TPSA) is 79.0 Å². The standard InChI is InChI=1S/C27H37N3O4S/c1-27(2,3)34-26(31)30(25-20-24(25)21-10-6-4-7-11-21)23-14-16-29(17-15-23)18-19-35(32,33)28-22-12-8-5-9-13-22/h4-13,23-25,28H,14-20H2,1-3H3/t24-,25+/m0/s1. The number of carbonyl (C=O) groups is 1. The first-order chi connectivity index (χ1) is 16.6. The Bertz CT molecular complexity index is 1080. The summed E-state index contributed by atoms with van der Waals surface area (Å²) in [5.74, 6) is 0.386. The molecule has 1 amide bonds. The molecule has 0 radical (unpaired) electrons. The highest BCUT2D eigenvalue weighted by Crippen LogP contribution is 2.46. The van der Waals surface area contributed by atoms with Crippen LogP contribution in [0.2, 0.25) is 0 Å². The number of amides is 1. The molecule has 7 nitrogen and oxygen atoms in total. The summed E-state index contributed by atoms with van der Waals surface area (Å²) in [6, 6.07) is 19.6. The molecule has 2 fully saturated rings. The fourth-order valence-corrected chi connectivity index (χ4v) is 5.92. The Labute approximate surface area is 209 Å². The van der Waals surface area contributed by atoms with E-state index in [-0.39, 0.29) is 23.9 Å². The molecule has 1 aliphatic heterocycles. The van der Waals surface area contributed by atoms with Crippen LogP contribution >= 0.6 is 0 Å². The minimum Gasteiger partial charge on any atom is -0.444 e. The van der Waals surface area contributed by atoms with Crippen LogP contribution in [-0.2, 0) is 14.8 Å². The van der Waals surface area contributed by atoms with E-state index in [9.17, 15) is 13.2 Å². The predicted molar refractivity (Wildman–Crippen MR) is 139 cm³/mol. The van der Waals surface area contributed by atoms with E-state index in [1.54, 1.807) is 24.3 Å². The Morgan fingerprint density at radius 1 is 1.03 bits per heavy atom. The molecule has 190 valence electrons. The highest BCUT2D eigenvalue weighted by atomic mass is 32.2. The van der Waals surface area contributed by atoms with Crippen LogP contribution in [-0.4, -0.2) is 67.4 Å². The van der Waals surface area contributed by atoms with Crippen molar-refractivity contribution in [3.8, 4) is 0 Å². The van der Waals surface area contributed by atoms with Crippen LogP contribution < -0.4 is 4.72 Å². The predicted octanol–water partition coefficient (Wildman–Crippen LogP) is 4.69. The maximum Gasteiger partial charge on any atom is 0.410 e. The molecular formula is C27H37N3O4S. The molecule has 0 spiro atoms. The molecule has 1 heterocycles. The second-order valence-electron chi connectivity index (χ2n) is 10.6. The summed E-state index contributed by atoms with van der Waals surface area (Å²) in [5, 5.41) is 0. The Morgan fingerprint density at radius 2 is 1.63 bits per heavy atom. The first-order valence-electron chi connectivity index (χ1n) is 12.5. The number of hydrogen-bond acceptors (Lipinski definition) is 5. The number of para-hydroxylation sites is 1. The van der Waals surface area contributed by atoms with Crippen molar-refractivity contribution in [1.29, 1.82) is 0 Å². The van der Waals surface area contributed by atoms with Gasteiger partial charge in [0.2, 0.25) is 10.0 Å². The van der Waals surface area contributed by atoms with Gasteiger partial charge < -0.3 is 14.5 Å². The van der Waals surface area contributed by atoms with E-state index in [0.717, 1.165) is 32.4 Å². The Kier molecular flexibility index (Phi) is 7.71. The van der Waals surface area contributed by atoms with Crippen molar-refractivity contribution in [3.05, 3.63) is 66.2 Å². The number of nitrogens with zero attached hydrogens (tertiary/aromatic N) is 2. The second-order valence-corrected chi connectivity index (χ2v) is 12.4. The lowest BCUT2D eigenvalue weighted by atomic mass is 10.0. The number of piperidine rings is 1. The lowest BCUT2D eigenvalue weighted by molar-refractivity contribution is 0.00559. The quantitative estimate of drug-likeness (QED) is 0.570. The number of benzene rings is 2. The van der Waals surface area contributed by atoms with Crippen molar-refractivity contribution in [3.63, 3.8) is 0 Å². The van der Waals surface area contributed by atoms with Crippen molar-refractivity contribution in [1.82, 2.24) is 9.80 Å². The third kappa shape index (κ3) is 7.21. The number of rotatable bonds is 8. The first-order valence-corrected chi connectivity index (χ1v) is 14.1. The molecular weight excluding hydrogens is 462 g/mol. The summed E-state index contributed by atoms with van der Waals surface area (Å²) in [4.78, 5) is 17.4. The Balaban J connectivity index is 1.34. The third-order valence-electron chi connectivity index (χ3n) is 6.62. The number of ether oxygens (including phenoxy) is 1. The van der Waals surface area contributed by atoms with Gasteiger partial charge in [0.15, 0.2) is 0 Å². The highest BCUT2D eigenvalue weighted by molar-refractivity contribution is 7.92. The van der Waals surface area contributed by atoms with Gasteiger partial charge in [-0.3, -0.25) is 4.72 Å². The molecule has 8 heteroatoms.